The van der Waals surface area contributed by atoms with E-state index in [0.717, 1.165) is 25.7 Å². The zero-order chi connectivity index (χ0) is 10.8. The van der Waals surface area contributed by atoms with Crippen molar-refractivity contribution in [3.63, 3.8) is 0 Å². The maximum absolute atomic E-state index is 10.5. The lowest BCUT2D eigenvalue weighted by Crippen LogP contribution is -2.27. The zero-order valence-electron chi connectivity index (χ0n) is 8.37. The van der Waals surface area contributed by atoms with Gasteiger partial charge in [-0.3, -0.25) is 14.8 Å². The molecule has 0 spiro atoms. The minimum absolute atomic E-state index is 0.0601. The van der Waals surface area contributed by atoms with Crippen LogP contribution in [0.2, 0.25) is 0 Å². The molecule has 82 valence electrons. The van der Waals surface area contributed by atoms with Gasteiger partial charge in [0.2, 0.25) is 0 Å². The number of aromatic nitrogens is 2. The summed E-state index contributed by atoms with van der Waals surface area (Å²) < 4.78 is 1.70. The predicted octanol–water partition coefficient (Wildman–Crippen LogP) is 1.23. The van der Waals surface area contributed by atoms with Gasteiger partial charge in [-0.25, -0.2) is 0 Å². The average molecular weight is 210 g/mol. The fourth-order valence-corrected chi connectivity index (χ4v) is 1.99. The molecule has 15 heavy (non-hydrogen) atoms. The fourth-order valence-electron chi connectivity index (χ4n) is 1.99. The maximum Gasteiger partial charge on any atom is 0.307 e. The van der Waals surface area contributed by atoms with Crippen LogP contribution in [-0.4, -0.2) is 20.7 Å². The molecule has 1 heterocycles. The topological polar surface area (TPSA) is 87.0 Å². The van der Waals surface area contributed by atoms with Crippen molar-refractivity contribution in [3.8, 4) is 0 Å². The number of nitrogens with two attached hydrogens (primary N) is 1. The van der Waals surface area contributed by atoms with Gasteiger partial charge in [0.15, 0.2) is 0 Å². The van der Waals surface area contributed by atoms with Crippen molar-refractivity contribution in [2.75, 3.05) is 0 Å². The molecule has 1 aromatic rings. The van der Waals surface area contributed by atoms with E-state index in [1.807, 2.05) is 0 Å². The first-order valence-corrected chi connectivity index (χ1v) is 5.11. The third-order valence-corrected chi connectivity index (χ3v) is 2.91. The molecule has 0 bridgehead atoms. The Labute approximate surface area is 87.2 Å². The fraction of sp³-hybridized carbons (Fsp3) is 0.667. The Morgan fingerprint density at radius 3 is 2.67 bits per heavy atom. The van der Waals surface area contributed by atoms with Gasteiger partial charge in [0.05, 0.1) is 11.0 Å². The Kier molecular flexibility index (Phi) is 2.68. The standard InChI is InChI=1S/C9H14N4O2/c10-7-1-3-8(4-2-7)12-6-9(5-11-12)13(14)15/h5-8H,1-4,10H2. The highest BCUT2D eigenvalue weighted by atomic mass is 16.6. The van der Waals surface area contributed by atoms with E-state index in [1.165, 1.54) is 12.4 Å². The van der Waals surface area contributed by atoms with Gasteiger partial charge in [0.1, 0.15) is 12.4 Å². The quantitative estimate of drug-likeness (QED) is 0.587. The molecule has 1 fully saturated rings. The smallest absolute Gasteiger partial charge is 0.307 e. The van der Waals surface area contributed by atoms with Crippen LogP contribution in [0.1, 0.15) is 31.7 Å². The SMILES string of the molecule is NC1CCC(n2cc([N+](=O)[O-])cn2)CC1. The predicted molar refractivity (Wildman–Crippen MR) is 54.4 cm³/mol. The number of nitrogens with zero attached hydrogens (tertiary/aromatic N) is 3. The second-order valence-corrected chi connectivity index (χ2v) is 4.00. The molecular formula is C9H14N4O2. The van der Waals surface area contributed by atoms with Gasteiger partial charge in [0.25, 0.3) is 0 Å². The lowest BCUT2D eigenvalue weighted by atomic mass is 9.92. The van der Waals surface area contributed by atoms with Crippen molar-refractivity contribution in [1.82, 2.24) is 9.78 Å². The molecule has 0 amide bonds. The number of hydrogen-bond acceptors (Lipinski definition) is 4. The molecule has 0 aliphatic heterocycles. The average Bonchev–Trinajstić information content (AvgIpc) is 2.68. The summed E-state index contributed by atoms with van der Waals surface area (Å²) in [4.78, 5) is 10.1. The third-order valence-electron chi connectivity index (χ3n) is 2.91. The minimum Gasteiger partial charge on any atom is -0.328 e. The van der Waals surface area contributed by atoms with Crippen molar-refractivity contribution < 1.29 is 4.92 Å². The Bertz CT molecular complexity index is 355. The second kappa shape index (κ2) is 3.98. The number of nitro groups is 1. The van der Waals surface area contributed by atoms with Crippen LogP contribution in [0.25, 0.3) is 0 Å². The van der Waals surface area contributed by atoms with E-state index in [-0.39, 0.29) is 17.8 Å². The zero-order valence-corrected chi connectivity index (χ0v) is 8.37. The van der Waals surface area contributed by atoms with Crippen molar-refractivity contribution in [2.45, 2.75) is 37.8 Å². The van der Waals surface area contributed by atoms with Crippen LogP contribution < -0.4 is 5.73 Å². The molecular weight excluding hydrogens is 196 g/mol. The van der Waals surface area contributed by atoms with Gasteiger partial charge in [-0.1, -0.05) is 0 Å². The van der Waals surface area contributed by atoms with Crippen LogP contribution in [0.4, 0.5) is 5.69 Å². The van der Waals surface area contributed by atoms with Gasteiger partial charge < -0.3 is 5.73 Å². The molecule has 2 rings (SSSR count). The first kappa shape index (κ1) is 10.1. The third kappa shape index (κ3) is 2.15. The van der Waals surface area contributed by atoms with Gasteiger partial charge in [0, 0.05) is 6.04 Å². The van der Waals surface area contributed by atoms with Crippen LogP contribution in [-0.2, 0) is 0 Å². The highest BCUT2D eigenvalue weighted by Crippen LogP contribution is 2.27. The molecule has 6 heteroatoms. The summed E-state index contributed by atoms with van der Waals surface area (Å²) in [5.41, 5.74) is 5.85. The van der Waals surface area contributed by atoms with Crippen molar-refractivity contribution in [2.24, 2.45) is 5.73 Å². The summed E-state index contributed by atoms with van der Waals surface area (Å²) in [6, 6.07) is 0.560. The van der Waals surface area contributed by atoms with Crippen molar-refractivity contribution >= 4 is 5.69 Å². The molecule has 2 N–H and O–H groups in total. The molecule has 0 aromatic carbocycles. The lowest BCUT2D eigenvalue weighted by molar-refractivity contribution is -0.385. The van der Waals surface area contributed by atoms with E-state index >= 15 is 0 Å². The minimum atomic E-state index is -0.419. The van der Waals surface area contributed by atoms with Crippen LogP contribution in [0.3, 0.4) is 0 Å². The summed E-state index contributed by atoms with van der Waals surface area (Å²) in [5, 5.41) is 14.5. The molecule has 1 aliphatic carbocycles. The molecule has 1 aromatic heterocycles. The lowest BCUT2D eigenvalue weighted by Gasteiger charge is -2.25. The van der Waals surface area contributed by atoms with E-state index in [0.29, 0.717) is 0 Å². The van der Waals surface area contributed by atoms with Gasteiger partial charge in [-0.15, -0.1) is 0 Å². The molecule has 0 radical (unpaired) electrons. The molecule has 0 unspecified atom stereocenters. The van der Waals surface area contributed by atoms with Crippen LogP contribution in [0.15, 0.2) is 12.4 Å². The van der Waals surface area contributed by atoms with Crippen LogP contribution >= 0.6 is 0 Å². The number of hydrogen-bond donors (Lipinski definition) is 1. The number of rotatable bonds is 2. The highest BCUT2D eigenvalue weighted by Gasteiger charge is 2.22. The van der Waals surface area contributed by atoms with E-state index in [9.17, 15) is 10.1 Å². The summed E-state index contributed by atoms with van der Waals surface area (Å²) in [7, 11) is 0. The van der Waals surface area contributed by atoms with Gasteiger partial charge in [-0.05, 0) is 25.7 Å². The summed E-state index contributed by atoms with van der Waals surface area (Å²) in [5.74, 6) is 0. The largest absolute Gasteiger partial charge is 0.328 e. The van der Waals surface area contributed by atoms with E-state index in [4.69, 9.17) is 5.73 Å². The summed E-state index contributed by atoms with van der Waals surface area (Å²) in [6.07, 6.45) is 6.66. The van der Waals surface area contributed by atoms with Crippen molar-refractivity contribution in [3.05, 3.63) is 22.5 Å². The van der Waals surface area contributed by atoms with Crippen LogP contribution in [0.5, 0.6) is 0 Å². The van der Waals surface area contributed by atoms with Crippen molar-refractivity contribution in [1.29, 1.82) is 0 Å². The van der Waals surface area contributed by atoms with Crippen LogP contribution in [0, 0.1) is 10.1 Å². The Hall–Kier alpha value is -1.43. The Morgan fingerprint density at radius 2 is 2.13 bits per heavy atom. The monoisotopic (exact) mass is 210 g/mol. The Balaban J connectivity index is 2.06. The molecule has 0 atom stereocenters. The van der Waals surface area contributed by atoms with E-state index < -0.39 is 4.92 Å². The van der Waals surface area contributed by atoms with E-state index in [2.05, 4.69) is 5.10 Å². The normalized spacial score (nSPS) is 26.5. The molecule has 0 saturated heterocycles. The van der Waals surface area contributed by atoms with Gasteiger partial charge >= 0.3 is 5.69 Å². The Morgan fingerprint density at radius 1 is 1.47 bits per heavy atom. The van der Waals surface area contributed by atoms with Gasteiger partial charge in [-0.2, -0.15) is 5.10 Å². The summed E-state index contributed by atoms with van der Waals surface area (Å²) >= 11 is 0. The highest BCUT2D eigenvalue weighted by molar-refractivity contribution is 5.21. The molecule has 6 nitrogen and oxygen atoms in total. The second-order valence-electron chi connectivity index (χ2n) is 4.00. The van der Waals surface area contributed by atoms with E-state index in [1.54, 1.807) is 4.68 Å². The first-order valence-electron chi connectivity index (χ1n) is 5.11. The summed E-state index contributed by atoms with van der Waals surface area (Å²) in [6.45, 7) is 0. The first-order chi connectivity index (χ1) is 7.16. The molecule has 1 aliphatic rings. The maximum atomic E-state index is 10.5. The molecule has 1 saturated carbocycles.